The van der Waals surface area contributed by atoms with Gasteiger partial charge in [-0.2, -0.15) is 0 Å². The summed E-state index contributed by atoms with van der Waals surface area (Å²) in [6.07, 6.45) is 2.80. The van der Waals surface area contributed by atoms with E-state index in [4.69, 9.17) is 11.6 Å². The van der Waals surface area contributed by atoms with Crippen molar-refractivity contribution in [3.63, 3.8) is 0 Å². The van der Waals surface area contributed by atoms with Gasteiger partial charge in [-0.1, -0.05) is 52.9 Å². The van der Waals surface area contributed by atoms with Crippen LogP contribution in [-0.2, 0) is 15.1 Å². The number of hydrogen-bond donors (Lipinski definition) is 0. The fourth-order valence-corrected chi connectivity index (χ4v) is 5.42. The topological polar surface area (TPSA) is 63.2 Å². The first-order valence-corrected chi connectivity index (χ1v) is 10.6. The number of nitrogens with zero attached hydrogens (tertiary/aromatic N) is 3. The maximum absolute atomic E-state index is 13.0. The molecule has 2 aromatic rings. The molecule has 1 aliphatic carbocycles. The second-order valence-corrected chi connectivity index (χ2v) is 9.11. The fourth-order valence-electron chi connectivity index (χ4n) is 3.40. The fraction of sp³-hybridized carbons (Fsp3) is 0.444. The molecule has 1 saturated carbocycles. The minimum atomic E-state index is -0.981. The molecule has 0 aliphatic heterocycles. The van der Waals surface area contributed by atoms with Crippen molar-refractivity contribution in [1.82, 2.24) is 15.1 Å². The molecule has 0 radical (unpaired) electrons. The molecule has 0 bridgehead atoms. The van der Waals surface area contributed by atoms with Crippen molar-refractivity contribution in [3.8, 4) is 0 Å². The van der Waals surface area contributed by atoms with Gasteiger partial charge in [0.25, 0.3) is 0 Å². The highest BCUT2D eigenvalue weighted by atomic mass is 35.5. The van der Waals surface area contributed by atoms with Crippen molar-refractivity contribution in [2.24, 2.45) is 0 Å². The van der Waals surface area contributed by atoms with Crippen molar-refractivity contribution in [2.45, 2.75) is 42.5 Å². The monoisotopic (exact) mass is 409 g/mol. The van der Waals surface area contributed by atoms with E-state index in [0.717, 1.165) is 27.8 Å². The van der Waals surface area contributed by atoms with E-state index in [1.54, 1.807) is 18.0 Å². The van der Waals surface area contributed by atoms with Crippen LogP contribution in [0.25, 0.3) is 0 Å². The molecular formula is C18H20ClN3O2S2. The number of benzene rings is 1. The zero-order chi connectivity index (χ0) is 18.7. The molecular weight excluding hydrogens is 390 g/mol. The molecule has 1 aliphatic rings. The Kier molecular flexibility index (Phi) is 5.99. The van der Waals surface area contributed by atoms with Crippen LogP contribution >= 0.6 is 34.7 Å². The van der Waals surface area contributed by atoms with Gasteiger partial charge in [0.1, 0.15) is 10.5 Å². The molecule has 0 unspecified atom stereocenters. The summed E-state index contributed by atoms with van der Waals surface area (Å²) >= 11 is 9.23. The smallest absolute Gasteiger partial charge is 0.233 e. The molecule has 1 aromatic heterocycles. The van der Waals surface area contributed by atoms with Crippen molar-refractivity contribution in [1.29, 1.82) is 0 Å². The van der Waals surface area contributed by atoms with Gasteiger partial charge in [-0.15, -0.1) is 10.2 Å². The minimum Gasteiger partial charge on any atom is -0.328 e. The zero-order valence-corrected chi connectivity index (χ0v) is 17.1. The largest absolute Gasteiger partial charge is 0.328 e. The van der Waals surface area contributed by atoms with Crippen LogP contribution in [0.5, 0.6) is 0 Å². The molecule has 8 heteroatoms. The van der Waals surface area contributed by atoms with Crippen molar-refractivity contribution in [3.05, 3.63) is 39.9 Å². The third kappa shape index (κ3) is 3.66. The van der Waals surface area contributed by atoms with Crippen LogP contribution in [0.15, 0.2) is 28.6 Å². The van der Waals surface area contributed by atoms with Gasteiger partial charge in [-0.3, -0.25) is 9.59 Å². The van der Waals surface area contributed by atoms with E-state index >= 15 is 0 Å². The molecule has 1 fully saturated rings. The molecule has 1 aromatic carbocycles. The summed E-state index contributed by atoms with van der Waals surface area (Å²) < 4.78 is 0.756. The minimum absolute atomic E-state index is 0.0597. The Morgan fingerprint density at radius 3 is 2.77 bits per heavy atom. The number of Topliss-reactive ketones (excluding diaryl/α,β-unsaturated/α-hetero) is 1. The Bertz CT molecular complexity index is 826. The molecule has 0 N–H and O–H groups in total. The van der Waals surface area contributed by atoms with E-state index in [-0.39, 0.29) is 17.4 Å². The molecule has 0 saturated heterocycles. The van der Waals surface area contributed by atoms with Gasteiger partial charge in [-0.25, -0.2) is 0 Å². The Balaban J connectivity index is 1.87. The summed E-state index contributed by atoms with van der Waals surface area (Å²) in [5.41, 5.74) is -0.260. The van der Waals surface area contributed by atoms with Crippen LogP contribution in [-0.4, -0.2) is 39.6 Å². The van der Waals surface area contributed by atoms with Crippen LogP contribution in [0, 0.1) is 6.92 Å². The third-order valence-corrected chi connectivity index (χ3v) is 7.03. The lowest BCUT2D eigenvalue weighted by molar-refractivity contribution is -0.146. The van der Waals surface area contributed by atoms with Crippen molar-refractivity contribution < 1.29 is 9.59 Å². The van der Waals surface area contributed by atoms with Crippen LogP contribution in [0.4, 0.5) is 0 Å². The maximum Gasteiger partial charge on any atom is 0.233 e. The summed E-state index contributed by atoms with van der Waals surface area (Å²) in [5.74, 6) is 0.160. The molecule has 1 amide bonds. The number of hydrogen-bond acceptors (Lipinski definition) is 6. The number of amides is 1. The first kappa shape index (κ1) is 19.3. The number of ketones is 1. The van der Waals surface area contributed by atoms with Crippen LogP contribution in [0.2, 0.25) is 5.02 Å². The normalized spacial score (nSPS) is 20.2. The SMILES string of the molecule is Cc1nnc(SCC(=O)N(C)[C@]2(c3ccccc3Cl)CCCCC2=O)s1. The van der Waals surface area contributed by atoms with Crippen LogP contribution in [0.1, 0.15) is 36.3 Å². The number of aryl methyl sites for hydroxylation is 1. The molecule has 26 heavy (non-hydrogen) atoms. The number of rotatable bonds is 5. The lowest BCUT2D eigenvalue weighted by Gasteiger charge is -2.44. The van der Waals surface area contributed by atoms with E-state index in [1.165, 1.54) is 23.1 Å². The Hall–Kier alpha value is -1.44. The predicted octanol–water partition coefficient (Wildman–Crippen LogP) is 4.09. The number of aromatic nitrogens is 2. The lowest BCUT2D eigenvalue weighted by atomic mass is 9.74. The number of halogens is 1. The number of carbonyl (C=O) groups is 2. The molecule has 3 rings (SSSR count). The van der Waals surface area contributed by atoms with Crippen LogP contribution < -0.4 is 0 Å². The van der Waals surface area contributed by atoms with Gasteiger partial charge in [-0.05, 0) is 32.3 Å². The lowest BCUT2D eigenvalue weighted by Crippen LogP contribution is -2.54. The quantitative estimate of drug-likeness (QED) is 0.696. The Morgan fingerprint density at radius 1 is 1.35 bits per heavy atom. The van der Waals surface area contributed by atoms with E-state index in [2.05, 4.69) is 10.2 Å². The number of carbonyl (C=O) groups excluding carboxylic acids is 2. The van der Waals surface area contributed by atoms with Gasteiger partial charge in [0.15, 0.2) is 10.1 Å². The van der Waals surface area contributed by atoms with Gasteiger partial charge < -0.3 is 4.90 Å². The van der Waals surface area contributed by atoms with Gasteiger partial charge >= 0.3 is 0 Å². The summed E-state index contributed by atoms with van der Waals surface area (Å²) in [5, 5.41) is 9.39. The van der Waals surface area contributed by atoms with Gasteiger partial charge in [0, 0.05) is 24.1 Å². The molecule has 1 atom stereocenters. The second-order valence-electron chi connectivity index (χ2n) is 6.30. The average molecular weight is 410 g/mol. The highest BCUT2D eigenvalue weighted by Gasteiger charge is 2.47. The molecule has 5 nitrogen and oxygen atoms in total. The van der Waals surface area contributed by atoms with Crippen LogP contribution in [0.3, 0.4) is 0 Å². The van der Waals surface area contributed by atoms with E-state index in [1.807, 2.05) is 25.1 Å². The van der Waals surface area contributed by atoms with Crippen molar-refractivity contribution >= 4 is 46.4 Å². The zero-order valence-electron chi connectivity index (χ0n) is 14.7. The molecule has 0 spiro atoms. The molecule has 138 valence electrons. The first-order valence-electron chi connectivity index (χ1n) is 8.43. The van der Waals surface area contributed by atoms with Gasteiger partial charge in [0.05, 0.1) is 5.75 Å². The highest BCUT2D eigenvalue weighted by Crippen LogP contribution is 2.42. The number of likely N-dealkylation sites (N-methyl/N-ethyl adjacent to an activating group) is 1. The van der Waals surface area contributed by atoms with Gasteiger partial charge in [0.2, 0.25) is 5.91 Å². The van der Waals surface area contributed by atoms with E-state index in [0.29, 0.717) is 17.9 Å². The third-order valence-electron chi connectivity index (χ3n) is 4.75. The standard InChI is InChI=1S/C18H20ClN3O2S2/c1-12-20-21-17(26-12)25-11-16(24)22(2)18(10-6-5-9-15(18)23)13-7-3-4-8-14(13)19/h3-4,7-8H,5-6,9-11H2,1-2H3/t18-/m0/s1. The highest BCUT2D eigenvalue weighted by molar-refractivity contribution is 8.01. The average Bonchev–Trinajstić information content (AvgIpc) is 3.06. The Morgan fingerprint density at radius 2 is 2.12 bits per heavy atom. The molecule has 1 heterocycles. The summed E-state index contributed by atoms with van der Waals surface area (Å²) in [6.45, 7) is 1.88. The number of thioether (sulfide) groups is 1. The summed E-state index contributed by atoms with van der Waals surface area (Å²) in [7, 11) is 1.71. The van der Waals surface area contributed by atoms with E-state index in [9.17, 15) is 9.59 Å². The maximum atomic E-state index is 13.0. The first-order chi connectivity index (χ1) is 12.4. The predicted molar refractivity (Wildman–Crippen MR) is 105 cm³/mol. The summed E-state index contributed by atoms with van der Waals surface area (Å²) in [4.78, 5) is 27.5. The van der Waals surface area contributed by atoms with Crippen molar-refractivity contribution in [2.75, 3.05) is 12.8 Å². The summed E-state index contributed by atoms with van der Waals surface area (Å²) in [6, 6.07) is 7.33. The van der Waals surface area contributed by atoms with E-state index < -0.39 is 5.54 Å². The Labute approximate surface area is 166 Å². The second kappa shape index (κ2) is 8.06.